The molecule has 0 unspecified atom stereocenters. The number of barbiturate groups is 1. The number of carbonyl (C=O) groups is 6. The first-order chi connectivity index (χ1) is 15.5. The molecule has 0 radical (unpaired) electrons. The van der Waals surface area contributed by atoms with Crippen LogP contribution in [0.1, 0.15) is 52.4 Å². The van der Waals surface area contributed by atoms with Crippen LogP contribution in [-0.4, -0.2) is 85.2 Å². The maximum absolute atomic E-state index is 13.3. The van der Waals surface area contributed by atoms with Gasteiger partial charge in [-0.1, -0.05) is 19.0 Å². The molecule has 1 aliphatic rings. The fourth-order valence-corrected chi connectivity index (χ4v) is 3.54. The number of carboxylic acid groups (broad SMARTS) is 3. The first-order valence-electron chi connectivity index (χ1n) is 10.2. The van der Waals surface area contributed by atoms with E-state index >= 15 is 0 Å². The Kier molecular flexibility index (Phi) is 9.60. The maximum Gasteiger partial charge on any atom is 0.426 e. The van der Waals surface area contributed by atoms with Crippen molar-refractivity contribution in [3.8, 4) is 0 Å². The lowest BCUT2D eigenvalue weighted by Gasteiger charge is -2.47. The fraction of sp³-hybridized carbons (Fsp3) is 0.667. The molecule has 1 fully saturated rings. The van der Waals surface area contributed by atoms with E-state index < -0.39 is 60.2 Å². The average molecular weight is 470 g/mol. The van der Waals surface area contributed by atoms with E-state index in [0.29, 0.717) is 5.01 Å². The largest absolute Gasteiger partial charge is 0.481 e. The third-order valence-corrected chi connectivity index (χ3v) is 5.46. The van der Waals surface area contributed by atoms with Crippen LogP contribution >= 0.6 is 0 Å². The van der Waals surface area contributed by atoms with Gasteiger partial charge in [-0.2, -0.15) is 5.01 Å². The lowest BCUT2D eigenvalue weighted by Crippen LogP contribution is -2.71. The van der Waals surface area contributed by atoms with Crippen LogP contribution in [0.25, 0.3) is 10.4 Å². The van der Waals surface area contributed by atoms with Gasteiger partial charge in [-0.15, -0.1) is 0 Å². The molecule has 0 bridgehead atoms. The molecule has 0 aromatic rings. The Morgan fingerprint density at radius 2 is 1.70 bits per heavy atom. The van der Waals surface area contributed by atoms with Gasteiger partial charge in [0.2, 0.25) is 5.91 Å². The summed E-state index contributed by atoms with van der Waals surface area (Å²) in [6.07, 6.45) is -3.01. The van der Waals surface area contributed by atoms with Crippen LogP contribution in [0, 0.1) is 5.41 Å². The average Bonchev–Trinajstić information content (AvgIpc) is 2.74. The summed E-state index contributed by atoms with van der Waals surface area (Å²) in [7, 11) is 0. The summed E-state index contributed by atoms with van der Waals surface area (Å²) in [6, 6.07) is -3.41. The number of carbonyl (C=O) groups excluding carboxylic acids is 3. The van der Waals surface area contributed by atoms with Crippen LogP contribution in [0.3, 0.4) is 0 Å². The molecule has 3 N–H and O–H groups in total. The summed E-state index contributed by atoms with van der Waals surface area (Å²) in [4.78, 5) is 77.2. The van der Waals surface area contributed by atoms with Gasteiger partial charge in [0, 0.05) is 24.4 Å². The minimum Gasteiger partial charge on any atom is -0.481 e. The molecule has 1 saturated heterocycles. The zero-order valence-corrected chi connectivity index (χ0v) is 18.2. The van der Waals surface area contributed by atoms with Gasteiger partial charge in [0.25, 0.3) is 5.91 Å². The SMILES string of the molecule is CCC1(CC)C(=O)N([C@@H](CCC(=O)O)C(=O)O)C(=O)N(N(CCCCN=[N+]=[N-])C(=O)O)C1=O. The van der Waals surface area contributed by atoms with Crippen molar-refractivity contribution in [3.63, 3.8) is 0 Å². The second kappa shape index (κ2) is 11.7. The predicted molar refractivity (Wildman–Crippen MR) is 108 cm³/mol. The number of nitrogens with zero attached hydrogens (tertiary/aromatic N) is 6. The second-order valence-corrected chi connectivity index (χ2v) is 7.22. The summed E-state index contributed by atoms with van der Waals surface area (Å²) in [5.74, 6) is -5.27. The van der Waals surface area contributed by atoms with Gasteiger partial charge in [0.05, 0.1) is 0 Å². The number of hydrogen-bond donors (Lipinski definition) is 3. The molecule has 0 spiro atoms. The highest BCUT2D eigenvalue weighted by atomic mass is 16.4. The summed E-state index contributed by atoms with van der Waals surface area (Å²) in [6.45, 7) is 2.58. The van der Waals surface area contributed by atoms with E-state index in [4.69, 9.17) is 10.6 Å². The van der Waals surface area contributed by atoms with Crippen molar-refractivity contribution >= 4 is 35.9 Å². The number of unbranched alkanes of at least 4 members (excludes halogenated alkanes) is 1. The Morgan fingerprint density at radius 1 is 1.09 bits per heavy atom. The number of imide groups is 2. The maximum atomic E-state index is 13.3. The van der Waals surface area contributed by atoms with Gasteiger partial charge in [-0.3, -0.25) is 14.4 Å². The Hall–Kier alpha value is -3.87. The Labute approximate surface area is 188 Å². The van der Waals surface area contributed by atoms with Crippen LogP contribution in [-0.2, 0) is 19.2 Å². The molecule has 0 aromatic heterocycles. The molecule has 33 heavy (non-hydrogen) atoms. The number of rotatable bonds is 13. The van der Waals surface area contributed by atoms with Gasteiger partial charge >= 0.3 is 24.1 Å². The number of aliphatic carboxylic acids is 2. The zero-order valence-electron chi connectivity index (χ0n) is 18.2. The van der Waals surface area contributed by atoms with Crippen molar-refractivity contribution in [2.75, 3.05) is 13.1 Å². The van der Waals surface area contributed by atoms with Crippen molar-refractivity contribution in [2.45, 2.75) is 58.4 Å². The van der Waals surface area contributed by atoms with Crippen LogP contribution in [0.4, 0.5) is 9.59 Å². The van der Waals surface area contributed by atoms with Gasteiger partial charge in [-0.05, 0) is 37.6 Å². The topological polar surface area (TPSA) is 222 Å². The molecule has 1 aliphatic heterocycles. The normalized spacial score (nSPS) is 16.2. The monoisotopic (exact) mass is 470 g/mol. The van der Waals surface area contributed by atoms with Crippen LogP contribution in [0.15, 0.2) is 5.11 Å². The number of hydrogen-bond acceptors (Lipinski definition) is 7. The first-order valence-corrected chi connectivity index (χ1v) is 10.2. The Bertz CT molecular complexity index is 865. The van der Waals surface area contributed by atoms with E-state index in [-0.39, 0.29) is 48.7 Å². The smallest absolute Gasteiger partial charge is 0.426 e. The third-order valence-electron chi connectivity index (χ3n) is 5.46. The highest BCUT2D eigenvalue weighted by Crippen LogP contribution is 2.38. The molecule has 5 amide bonds. The van der Waals surface area contributed by atoms with Crippen molar-refractivity contribution < 1.29 is 44.1 Å². The third kappa shape index (κ3) is 5.68. The van der Waals surface area contributed by atoms with E-state index in [1.165, 1.54) is 13.8 Å². The number of carboxylic acids is 2. The van der Waals surface area contributed by atoms with E-state index in [0.717, 1.165) is 0 Å². The lowest BCUT2D eigenvalue weighted by atomic mass is 9.77. The van der Waals surface area contributed by atoms with Gasteiger partial charge in [-0.25, -0.2) is 24.3 Å². The first kappa shape index (κ1) is 27.2. The van der Waals surface area contributed by atoms with E-state index in [1.807, 2.05) is 0 Å². The highest BCUT2D eigenvalue weighted by Gasteiger charge is 2.59. The van der Waals surface area contributed by atoms with Gasteiger partial charge in [0.1, 0.15) is 11.5 Å². The zero-order chi connectivity index (χ0) is 25.3. The van der Waals surface area contributed by atoms with Crippen LogP contribution < -0.4 is 0 Å². The van der Waals surface area contributed by atoms with Crippen LogP contribution in [0.5, 0.6) is 0 Å². The van der Waals surface area contributed by atoms with Crippen molar-refractivity contribution in [1.82, 2.24) is 14.9 Å². The molecule has 1 rings (SSSR count). The Morgan fingerprint density at radius 3 is 2.15 bits per heavy atom. The molecule has 1 atom stereocenters. The molecule has 15 nitrogen and oxygen atoms in total. The summed E-state index contributed by atoms with van der Waals surface area (Å²) in [5, 5.41) is 32.1. The number of hydrazine groups is 1. The van der Waals surface area contributed by atoms with Crippen molar-refractivity contribution in [3.05, 3.63) is 10.4 Å². The Balaban J connectivity index is 3.49. The number of urea groups is 1. The molecule has 15 heteroatoms. The second-order valence-electron chi connectivity index (χ2n) is 7.22. The summed E-state index contributed by atoms with van der Waals surface area (Å²) < 4.78 is 0. The van der Waals surface area contributed by atoms with Crippen LogP contribution in [0.2, 0.25) is 0 Å². The molecular weight excluding hydrogens is 444 g/mol. The van der Waals surface area contributed by atoms with Crippen molar-refractivity contribution in [1.29, 1.82) is 0 Å². The van der Waals surface area contributed by atoms with Gasteiger partial charge in [0.15, 0.2) is 0 Å². The fourth-order valence-electron chi connectivity index (χ4n) is 3.54. The number of azide groups is 1. The predicted octanol–water partition coefficient (Wildman–Crippen LogP) is 1.89. The minimum absolute atomic E-state index is 0.0423. The number of amides is 5. The van der Waals surface area contributed by atoms with E-state index in [9.17, 15) is 39.0 Å². The molecule has 0 aliphatic carbocycles. The molecule has 0 aromatic carbocycles. The summed E-state index contributed by atoms with van der Waals surface area (Å²) >= 11 is 0. The molecule has 1 heterocycles. The molecular formula is C18H26N6O9. The standard InChI is InChI=1S/C18H26N6O9/c1-3-18(4-2)14(29)23(11(13(27)28)7-8-12(25)26)16(31)24(15(18)30)22(17(32)33)10-6-5-9-20-21-19/h11H,3-10H2,1-2H3,(H,25,26)(H,27,28)(H,32,33)/t11-/m0/s1. The molecule has 182 valence electrons. The van der Waals surface area contributed by atoms with Gasteiger partial charge < -0.3 is 15.3 Å². The quantitative estimate of drug-likeness (QED) is 0.117. The molecule has 0 saturated carbocycles. The van der Waals surface area contributed by atoms with E-state index in [2.05, 4.69) is 10.0 Å². The highest BCUT2D eigenvalue weighted by molar-refractivity contribution is 6.20. The minimum atomic E-state index is -1.92. The summed E-state index contributed by atoms with van der Waals surface area (Å²) in [5.41, 5.74) is 6.40. The van der Waals surface area contributed by atoms with Crippen molar-refractivity contribution in [2.24, 2.45) is 10.5 Å². The van der Waals surface area contributed by atoms with E-state index in [1.54, 1.807) is 0 Å². The lowest BCUT2D eigenvalue weighted by molar-refractivity contribution is -0.174.